The number of carbonyl (C=O) groups is 2. The summed E-state index contributed by atoms with van der Waals surface area (Å²) in [5.74, 6) is -2.08. The van der Waals surface area contributed by atoms with Gasteiger partial charge in [-0.3, -0.25) is 9.59 Å². The summed E-state index contributed by atoms with van der Waals surface area (Å²) in [6.07, 6.45) is 0.451. The molecule has 1 heterocycles. The summed E-state index contributed by atoms with van der Waals surface area (Å²) in [7, 11) is 2.01. The van der Waals surface area contributed by atoms with Gasteiger partial charge in [0.15, 0.2) is 11.5 Å². The Morgan fingerprint density at radius 1 is 1.09 bits per heavy atom. The molecule has 1 aliphatic heterocycles. The summed E-state index contributed by atoms with van der Waals surface area (Å²) < 4.78 is 36.0. The third-order valence-electron chi connectivity index (χ3n) is 5.71. The predicted molar refractivity (Wildman–Crippen MR) is 127 cm³/mol. The first-order valence-electron chi connectivity index (χ1n) is 10.7. The van der Waals surface area contributed by atoms with Gasteiger partial charge >= 0.3 is 0 Å². The Morgan fingerprint density at radius 3 is 2.31 bits per heavy atom. The van der Waals surface area contributed by atoms with Crippen molar-refractivity contribution in [2.45, 2.75) is 17.4 Å². The number of hydrogen-bond acceptors (Lipinski definition) is 8. The molecule has 0 aliphatic carbocycles. The zero-order valence-corrected chi connectivity index (χ0v) is 20.7. The number of ketones is 1. The number of aromatic hydroxyl groups is 1. The van der Waals surface area contributed by atoms with Crippen molar-refractivity contribution in [3.8, 4) is 11.5 Å². The summed E-state index contributed by atoms with van der Waals surface area (Å²) >= 11 is 0. The van der Waals surface area contributed by atoms with E-state index in [0.717, 1.165) is 4.31 Å². The molecule has 0 radical (unpaired) electrons. The van der Waals surface area contributed by atoms with Crippen LogP contribution in [0, 0.1) is 0 Å². The highest BCUT2D eigenvalue weighted by Gasteiger charge is 2.46. The van der Waals surface area contributed by atoms with Crippen molar-refractivity contribution >= 4 is 27.5 Å². The molecule has 0 saturated carbocycles. The van der Waals surface area contributed by atoms with Gasteiger partial charge in [-0.1, -0.05) is 6.07 Å². The van der Waals surface area contributed by atoms with Gasteiger partial charge in [-0.15, -0.1) is 0 Å². The van der Waals surface area contributed by atoms with Crippen LogP contribution in [0.2, 0.25) is 0 Å². The number of amides is 1. The maximum absolute atomic E-state index is 13.1. The van der Waals surface area contributed by atoms with E-state index in [2.05, 4.69) is 0 Å². The van der Waals surface area contributed by atoms with Crippen LogP contribution in [0.5, 0.6) is 11.5 Å². The average Bonchev–Trinajstić information content (AvgIpc) is 3.09. The molecule has 1 atom stereocenters. The SMILES string of the molecule is COCCCN1C(=O)C(=O)C(=C(O)c2ccc(S(=O)(=O)N(C)C)cc2)C1c1ccc(O)c(OC)c1. The number of nitrogens with zero attached hydrogens (tertiary/aromatic N) is 2. The summed E-state index contributed by atoms with van der Waals surface area (Å²) in [6, 6.07) is 8.84. The number of phenols is 1. The summed E-state index contributed by atoms with van der Waals surface area (Å²) in [5, 5.41) is 21.1. The monoisotopic (exact) mass is 504 g/mol. The molecule has 2 aromatic carbocycles. The molecule has 1 unspecified atom stereocenters. The highest BCUT2D eigenvalue weighted by Crippen LogP contribution is 2.41. The van der Waals surface area contributed by atoms with Crippen molar-refractivity contribution < 1.29 is 37.7 Å². The van der Waals surface area contributed by atoms with Gasteiger partial charge in [-0.2, -0.15) is 0 Å². The van der Waals surface area contributed by atoms with Gasteiger partial charge in [0.1, 0.15) is 5.76 Å². The van der Waals surface area contributed by atoms with Crippen LogP contribution in [0.4, 0.5) is 0 Å². The number of aliphatic hydroxyl groups excluding tert-OH is 1. The second kappa shape index (κ2) is 10.5. The first-order valence-corrected chi connectivity index (χ1v) is 12.2. The number of methoxy groups -OCH3 is 2. The van der Waals surface area contributed by atoms with Gasteiger partial charge in [0.05, 0.1) is 23.6 Å². The topological polar surface area (TPSA) is 134 Å². The smallest absolute Gasteiger partial charge is 0.295 e. The van der Waals surface area contributed by atoms with Crippen LogP contribution in [0.1, 0.15) is 23.6 Å². The highest BCUT2D eigenvalue weighted by atomic mass is 32.2. The lowest BCUT2D eigenvalue weighted by Gasteiger charge is -2.25. The van der Waals surface area contributed by atoms with Crippen molar-refractivity contribution in [1.29, 1.82) is 0 Å². The first-order chi connectivity index (χ1) is 16.5. The molecule has 10 nitrogen and oxygen atoms in total. The number of Topliss-reactive ketones (excluding diaryl/α,β-unsaturated/α-hetero) is 1. The fourth-order valence-corrected chi connectivity index (χ4v) is 4.75. The van der Waals surface area contributed by atoms with Crippen LogP contribution in [-0.2, 0) is 24.3 Å². The predicted octanol–water partition coefficient (Wildman–Crippen LogP) is 2.11. The Balaban J connectivity index is 2.14. The molecule has 188 valence electrons. The highest BCUT2D eigenvalue weighted by molar-refractivity contribution is 7.89. The van der Waals surface area contributed by atoms with E-state index in [1.165, 1.54) is 75.7 Å². The van der Waals surface area contributed by atoms with E-state index in [4.69, 9.17) is 9.47 Å². The zero-order valence-electron chi connectivity index (χ0n) is 19.9. The van der Waals surface area contributed by atoms with Crippen molar-refractivity contribution in [1.82, 2.24) is 9.21 Å². The summed E-state index contributed by atoms with van der Waals surface area (Å²) in [5.41, 5.74) is 0.473. The van der Waals surface area contributed by atoms with Crippen LogP contribution < -0.4 is 4.74 Å². The Bertz CT molecular complexity index is 1250. The van der Waals surface area contributed by atoms with Crippen LogP contribution in [0.15, 0.2) is 52.9 Å². The van der Waals surface area contributed by atoms with E-state index < -0.39 is 33.5 Å². The van der Waals surface area contributed by atoms with Gasteiger partial charge < -0.3 is 24.6 Å². The minimum absolute atomic E-state index is 0.0129. The molecule has 2 aromatic rings. The van der Waals surface area contributed by atoms with Crippen molar-refractivity contribution in [3.05, 3.63) is 59.2 Å². The van der Waals surface area contributed by atoms with Gasteiger partial charge in [-0.05, 0) is 48.4 Å². The molecular weight excluding hydrogens is 476 g/mol. The maximum Gasteiger partial charge on any atom is 0.295 e. The van der Waals surface area contributed by atoms with Gasteiger partial charge in [0, 0.05) is 39.9 Å². The number of ether oxygens (including phenoxy) is 2. The Hall–Kier alpha value is -3.41. The molecule has 3 rings (SSSR count). The Morgan fingerprint density at radius 2 is 1.74 bits per heavy atom. The second-order valence-electron chi connectivity index (χ2n) is 8.08. The quantitative estimate of drug-likeness (QED) is 0.230. The molecule has 1 aliphatic rings. The summed E-state index contributed by atoms with van der Waals surface area (Å²) in [4.78, 5) is 27.3. The van der Waals surface area contributed by atoms with E-state index in [1.807, 2.05) is 0 Å². The fraction of sp³-hybridized carbons (Fsp3) is 0.333. The fourth-order valence-electron chi connectivity index (χ4n) is 3.85. The van der Waals surface area contributed by atoms with E-state index >= 15 is 0 Å². The number of carbonyl (C=O) groups excluding carboxylic acids is 2. The Labute approximate surface area is 204 Å². The third-order valence-corrected chi connectivity index (χ3v) is 7.54. The number of phenolic OH excluding ortho intramolecular Hbond substituents is 1. The normalized spacial score (nSPS) is 17.9. The molecule has 0 bridgehead atoms. The lowest BCUT2D eigenvalue weighted by Crippen LogP contribution is -2.31. The van der Waals surface area contributed by atoms with Crippen LogP contribution >= 0.6 is 0 Å². The molecule has 1 fully saturated rings. The van der Waals surface area contributed by atoms with E-state index in [9.17, 15) is 28.2 Å². The molecular formula is C24H28N2O8S. The van der Waals surface area contributed by atoms with Crippen molar-refractivity contribution in [2.75, 3.05) is 41.5 Å². The van der Waals surface area contributed by atoms with Crippen LogP contribution in [-0.4, -0.2) is 81.0 Å². The number of benzene rings is 2. The molecule has 35 heavy (non-hydrogen) atoms. The molecule has 0 spiro atoms. The number of likely N-dealkylation sites (tertiary alicyclic amines) is 1. The molecule has 2 N–H and O–H groups in total. The van der Waals surface area contributed by atoms with Gasteiger partial charge in [0.2, 0.25) is 10.0 Å². The van der Waals surface area contributed by atoms with E-state index in [0.29, 0.717) is 18.6 Å². The third kappa shape index (κ3) is 5.02. The average molecular weight is 505 g/mol. The largest absolute Gasteiger partial charge is 0.507 e. The van der Waals surface area contributed by atoms with Crippen molar-refractivity contribution in [2.24, 2.45) is 0 Å². The maximum atomic E-state index is 13.1. The van der Waals surface area contributed by atoms with Gasteiger partial charge in [0.25, 0.3) is 11.7 Å². The molecule has 0 aromatic heterocycles. The van der Waals surface area contributed by atoms with E-state index in [-0.39, 0.29) is 34.1 Å². The lowest BCUT2D eigenvalue weighted by molar-refractivity contribution is -0.140. The standard InChI is InChI=1S/C24H28N2O8S/c1-25(2)35(31,32)17-9-6-15(7-10-17)22(28)20-21(16-8-11-18(27)19(14-16)34-4)26(12-5-13-33-3)24(30)23(20)29/h6-11,14,21,27-28H,5,12-13H2,1-4H3. The van der Waals surface area contributed by atoms with Crippen LogP contribution in [0.3, 0.4) is 0 Å². The lowest BCUT2D eigenvalue weighted by atomic mass is 9.95. The molecule has 11 heteroatoms. The minimum Gasteiger partial charge on any atom is -0.507 e. The first kappa shape index (κ1) is 26.2. The summed E-state index contributed by atoms with van der Waals surface area (Å²) in [6.45, 7) is 0.541. The van der Waals surface area contributed by atoms with E-state index in [1.54, 1.807) is 0 Å². The van der Waals surface area contributed by atoms with Gasteiger partial charge in [-0.25, -0.2) is 12.7 Å². The number of hydrogen-bond donors (Lipinski definition) is 2. The zero-order chi connectivity index (χ0) is 25.9. The number of rotatable bonds is 9. The molecule has 1 saturated heterocycles. The Kier molecular flexibility index (Phi) is 7.83. The molecule has 1 amide bonds. The minimum atomic E-state index is -3.69. The van der Waals surface area contributed by atoms with Crippen LogP contribution in [0.25, 0.3) is 5.76 Å². The number of aliphatic hydroxyl groups is 1. The van der Waals surface area contributed by atoms with Crippen molar-refractivity contribution in [3.63, 3.8) is 0 Å². The number of sulfonamides is 1. The second-order valence-corrected chi connectivity index (χ2v) is 10.2.